The van der Waals surface area contributed by atoms with Gasteiger partial charge in [0.15, 0.2) is 0 Å². The molecule has 1 amide bonds. The molecule has 3 rings (SSSR count). The van der Waals surface area contributed by atoms with Crippen LogP contribution in [0.2, 0.25) is 0 Å². The standard InChI is InChI=1S/C20H14N2O4S/c1-12-2-6-14(7-3-12)18(23)22-16-10-17(19(24)25)27-20(16)26-15-8-4-13(11-21)5-9-15/h2-10H,1H3,(H,22,23)(H,24,25). The van der Waals surface area contributed by atoms with Crippen molar-refractivity contribution in [2.24, 2.45) is 0 Å². The van der Waals surface area contributed by atoms with Gasteiger partial charge in [-0.25, -0.2) is 4.79 Å². The summed E-state index contributed by atoms with van der Waals surface area (Å²) in [7, 11) is 0. The molecule has 0 aliphatic carbocycles. The van der Waals surface area contributed by atoms with Crippen molar-refractivity contribution >= 4 is 28.9 Å². The number of carbonyl (C=O) groups excluding carboxylic acids is 1. The second-order valence-corrected chi connectivity index (χ2v) is 6.69. The Hall–Kier alpha value is -3.63. The van der Waals surface area contributed by atoms with Gasteiger partial charge in [-0.3, -0.25) is 4.79 Å². The zero-order chi connectivity index (χ0) is 19.4. The normalized spacial score (nSPS) is 10.1. The lowest BCUT2D eigenvalue weighted by atomic mass is 10.1. The van der Waals surface area contributed by atoms with Gasteiger partial charge in [0, 0.05) is 5.56 Å². The highest BCUT2D eigenvalue weighted by molar-refractivity contribution is 7.16. The van der Waals surface area contributed by atoms with E-state index in [-0.39, 0.29) is 21.5 Å². The number of nitrogens with one attached hydrogen (secondary N) is 1. The second kappa shape index (κ2) is 7.72. The molecule has 0 aliphatic rings. The molecule has 6 nitrogen and oxygen atoms in total. The maximum atomic E-state index is 12.4. The molecule has 134 valence electrons. The summed E-state index contributed by atoms with van der Waals surface area (Å²) in [5, 5.41) is 21.0. The maximum Gasteiger partial charge on any atom is 0.346 e. The molecule has 2 aromatic carbocycles. The Morgan fingerprint density at radius 2 is 1.78 bits per heavy atom. The molecular weight excluding hydrogens is 364 g/mol. The van der Waals surface area contributed by atoms with Gasteiger partial charge in [-0.1, -0.05) is 29.0 Å². The molecule has 0 fully saturated rings. The van der Waals surface area contributed by atoms with Gasteiger partial charge >= 0.3 is 5.97 Å². The van der Waals surface area contributed by atoms with E-state index in [0.717, 1.165) is 16.9 Å². The van der Waals surface area contributed by atoms with Crippen molar-refractivity contribution in [3.05, 3.63) is 76.2 Å². The molecule has 0 spiro atoms. The number of hydrogen-bond donors (Lipinski definition) is 2. The van der Waals surface area contributed by atoms with Crippen molar-refractivity contribution in [1.82, 2.24) is 0 Å². The summed E-state index contributed by atoms with van der Waals surface area (Å²) < 4.78 is 5.73. The third kappa shape index (κ3) is 4.32. The van der Waals surface area contributed by atoms with Gasteiger partial charge < -0.3 is 15.2 Å². The predicted octanol–water partition coefficient (Wildman–Crippen LogP) is 4.67. The fraction of sp³-hybridized carbons (Fsp3) is 0.0500. The number of carboxylic acid groups (broad SMARTS) is 1. The minimum Gasteiger partial charge on any atom is -0.477 e. The quantitative estimate of drug-likeness (QED) is 0.672. The zero-order valence-electron chi connectivity index (χ0n) is 14.2. The number of anilines is 1. The van der Waals surface area contributed by atoms with Crippen LogP contribution in [0.25, 0.3) is 0 Å². The van der Waals surface area contributed by atoms with Gasteiger partial charge in [0.05, 0.1) is 17.3 Å². The Balaban J connectivity index is 1.87. The van der Waals surface area contributed by atoms with E-state index in [1.165, 1.54) is 6.07 Å². The molecule has 0 radical (unpaired) electrons. The fourth-order valence-electron chi connectivity index (χ4n) is 2.25. The predicted molar refractivity (Wildman–Crippen MR) is 102 cm³/mol. The lowest BCUT2D eigenvalue weighted by molar-refractivity contribution is 0.0701. The molecule has 27 heavy (non-hydrogen) atoms. The van der Waals surface area contributed by atoms with Gasteiger partial charge in [-0.15, -0.1) is 0 Å². The van der Waals surface area contributed by atoms with Crippen LogP contribution in [0.4, 0.5) is 5.69 Å². The van der Waals surface area contributed by atoms with Crippen LogP contribution in [0.3, 0.4) is 0 Å². The van der Waals surface area contributed by atoms with Crippen molar-refractivity contribution in [3.8, 4) is 16.9 Å². The van der Waals surface area contributed by atoms with Crippen molar-refractivity contribution in [2.75, 3.05) is 5.32 Å². The molecule has 2 N–H and O–H groups in total. The van der Waals surface area contributed by atoms with E-state index in [0.29, 0.717) is 16.9 Å². The average molecular weight is 378 g/mol. The fourth-order valence-corrected chi connectivity index (χ4v) is 3.07. The van der Waals surface area contributed by atoms with E-state index in [9.17, 15) is 14.7 Å². The highest BCUT2D eigenvalue weighted by atomic mass is 32.1. The van der Waals surface area contributed by atoms with Gasteiger partial charge in [0.1, 0.15) is 10.6 Å². The zero-order valence-corrected chi connectivity index (χ0v) is 15.0. The number of amides is 1. The minimum atomic E-state index is -1.11. The maximum absolute atomic E-state index is 12.4. The second-order valence-electron chi connectivity index (χ2n) is 5.68. The van der Waals surface area contributed by atoms with Crippen molar-refractivity contribution in [3.63, 3.8) is 0 Å². The summed E-state index contributed by atoms with van der Waals surface area (Å²) in [5.74, 6) is -1.05. The summed E-state index contributed by atoms with van der Waals surface area (Å²) in [4.78, 5) is 23.8. The number of rotatable bonds is 5. The molecule has 0 bridgehead atoms. The summed E-state index contributed by atoms with van der Waals surface area (Å²) >= 11 is 0.911. The van der Waals surface area contributed by atoms with Crippen LogP contribution in [0, 0.1) is 18.3 Å². The molecule has 0 saturated heterocycles. The molecule has 0 saturated carbocycles. The largest absolute Gasteiger partial charge is 0.477 e. The molecule has 0 unspecified atom stereocenters. The van der Waals surface area contributed by atoms with Gasteiger partial charge in [-0.05, 0) is 49.4 Å². The van der Waals surface area contributed by atoms with Crippen molar-refractivity contribution in [2.45, 2.75) is 6.92 Å². The molecule has 3 aromatic rings. The Morgan fingerprint density at radius 3 is 2.37 bits per heavy atom. The smallest absolute Gasteiger partial charge is 0.346 e. The topological polar surface area (TPSA) is 99.4 Å². The van der Waals surface area contributed by atoms with Crippen LogP contribution in [0.15, 0.2) is 54.6 Å². The van der Waals surface area contributed by atoms with Crippen molar-refractivity contribution < 1.29 is 19.4 Å². The molecule has 7 heteroatoms. The van der Waals surface area contributed by atoms with E-state index in [1.807, 2.05) is 25.1 Å². The van der Waals surface area contributed by atoms with E-state index in [4.69, 9.17) is 10.00 Å². The number of nitrogens with zero attached hydrogens (tertiary/aromatic N) is 1. The number of carbonyl (C=O) groups is 2. The Labute approximate surface area is 159 Å². The van der Waals surface area contributed by atoms with Crippen LogP contribution in [-0.4, -0.2) is 17.0 Å². The first-order chi connectivity index (χ1) is 13.0. The van der Waals surface area contributed by atoms with Gasteiger partial charge in [0.25, 0.3) is 5.91 Å². The average Bonchev–Trinajstić information content (AvgIpc) is 3.05. The highest BCUT2D eigenvalue weighted by Crippen LogP contribution is 2.38. The van der Waals surface area contributed by atoms with Crippen LogP contribution in [-0.2, 0) is 0 Å². The summed E-state index contributed by atoms with van der Waals surface area (Å²) in [5.41, 5.74) is 2.23. The SMILES string of the molecule is Cc1ccc(C(=O)Nc2cc(C(=O)O)sc2Oc2ccc(C#N)cc2)cc1. The number of carboxylic acids is 1. The van der Waals surface area contributed by atoms with Gasteiger partial charge in [-0.2, -0.15) is 5.26 Å². The summed E-state index contributed by atoms with van der Waals surface area (Å²) in [6, 6.07) is 16.8. The number of aromatic carboxylic acids is 1. The van der Waals surface area contributed by atoms with Crippen LogP contribution >= 0.6 is 11.3 Å². The molecule has 1 heterocycles. The number of benzene rings is 2. The Kier molecular flexibility index (Phi) is 5.20. The van der Waals surface area contributed by atoms with Crippen LogP contribution < -0.4 is 10.1 Å². The van der Waals surface area contributed by atoms with Crippen LogP contribution in [0.5, 0.6) is 10.8 Å². The minimum absolute atomic E-state index is 0.0397. The molecular formula is C20H14N2O4S. The number of hydrogen-bond acceptors (Lipinski definition) is 5. The third-order valence-corrected chi connectivity index (χ3v) is 4.67. The first-order valence-corrected chi connectivity index (χ1v) is 8.71. The lowest BCUT2D eigenvalue weighted by Gasteiger charge is -2.08. The molecule has 0 atom stereocenters. The third-order valence-electron chi connectivity index (χ3n) is 3.66. The van der Waals surface area contributed by atoms with E-state index in [1.54, 1.807) is 36.4 Å². The lowest BCUT2D eigenvalue weighted by Crippen LogP contribution is -2.11. The van der Waals surface area contributed by atoms with Crippen LogP contribution in [0.1, 0.15) is 31.2 Å². The first-order valence-electron chi connectivity index (χ1n) is 7.89. The number of thiophene rings is 1. The van der Waals surface area contributed by atoms with Gasteiger partial charge in [0.2, 0.25) is 5.06 Å². The molecule has 0 aliphatic heterocycles. The highest BCUT2D eigenvalue weighted by Gasteiger charge is 2.18. The van der Waals surface area contributed by atoms with E-state index >= 15 is 0 Å². The van der Waals surface area contributed by atoms with E-state index < -0.39 is 5.97 Å². The van der Waals surface area contributed by atoms with Crippen molar-refractivity contribution in [1.29, 1.82) is 5.26 Å². The van der Waals surface area contributed by atoms with E-state index in [2.05, 4.69) is 5.32 Å². The Bertz CT molecular complexity index is 1030. The first kappa shape index (κ1) is 18.2. The number of aryl methyl sites for hydroxylation is 1. The number of ether oxygens (including phenoxy) is 1. The Morgan fingerprint density at radius 1 is 1.11 bits per heavy atom. The summed E-state index contributed by atoms with van der Waals surface area (Å²) in [6.45, 7) is 1.92. The summed E-state index contributed by atoms with van der Waals surface area (Å²) in [6.07, 6.45) is 0. The number of nitriles is 1. The monoisotopic (exact) mass is 378 g/mol. The molecule has 1 aromatic heterocycles.